The van der Waals surface area contributed by atoms with Gasteiger partial charge in [0, 0.05) is 29.6 Å². The molecule has 0 atom stereocenters. The number of halogens is 2. The van der Waals surface area contributed by atoms with Gasteiger partial charge in [0.2, 0.25) is 0 Å². The van der Waals surface area contributed by atoms with Crippen molar-refractivity contribution in [3.05, 3.63) is 34.1 Å². The Hall–Kier alpha value is -0.450. The zero-order valence-corrected chi connectivity index (χ0v) is 13.1. The van der Waals surface area contributed by atoms with Gasteiger partial charge in [-0.3, -0.25) is 0 Å². The summed E-state index contributed by atoms with van der Waals surface area (Å²) < 4.78 is 14.1. The van der Waals surface area contributed by atoms with Crippen LogP contribution in [0.25, 0.3) is 0 Å². The van der Waals surface area contributed by atoms with Crippen LogP contribution in [-0.2, 0) is 6.54 Å². The van der Waals surface area contributed by atoms with E-state index in [4.69, 9.17) is 0 Å². The Bertz CT molecular complexity index is 388. The van der Waals surface area contributed by atoms with E-state index in [9.17, 15) is 4.39 Å². The third-order valence-electron chi connectivity index (χ3n) is 2.60. The van der Waals surface area contributed by atoms with Crippen LogP contribution in [0.5, 0.6) is 0 Å². The lowest BCUT2D eigenvalue weighted by Gasteiger charge is -2.23. The van der Waals surface area contributed by atoms with Crippen LogP contribution in [0.4, 0.5) is 4.39 Å². The standard InChI is InChI=1S/C14H22BrFN2/c1-14(2,3)17-7-8-18(4)10-11-9-12(16)5-6-13(11)15/h5-6,9,17H,7-8,10H2,1-4H3. The summed E-state index contributed by atoms with van der Waals surface area (Å²) in [5.41, 5.74) is 1.12. The molecule has 0 saturated heterocycles. The van der Waals surface area contributed by atoms with E-state index in [-0.39, 0.29) is 11.4 Å². The fraction of sp³-hybridized carbons (Fsp3) is 0.571. The van der Waals surface area contributed by atoms with E-state index in [1.165, 1.54) is 6.07 Å². The molecule has 2 nitrogen and oxygen atoms in total. The second-order valence-electron chi connectivity index (χ2n) is 5.65. The highest BCUT2D eigenvalue weighted by Crippen LogP contribution is 2.19. The van der Waals surface area contributed by atoms with E-state index in [0.717, 1.165) is 29.7 Å². The maximum Gasteiger partial charge on any atom is 0.123 e. The maximum absolute atomic E-state index is 13.2. The minimum absolute atomic E-state index is 0.139. The number of hydrogen-bond acceptors (Lipinski definition) is 2. The van der Waals surface area contributed by atoms with Crippen molar-refractivity contribution in [3.63, 3.8) is 0 Å². The van der Waals surface area contributed by atoms with E-state index in [2.05, 4.69) is 46.9 Å². The number of likely N-dealkylation sites (N-methyl/N-ethyl adjacent to an activating group) is 1. The predicted octanol–water partition coefficient (Wildman–Crippen LogP) is 3.41. The molecule has 1 aromatic rings. The zero-order chi connectivity index (χ0) is 13.8. The van der Waals surface area contributed by atoms with E-state index < -0.39 is 0 Å². The van der Waals surface area contributed by atoms with E-state index in [1.54, 1.807) is 12.1 Å². The molecule has 1 N–H and O–H groups in total. The number of rotatable bonds is 5. The smallest absolute Gasteiger partial charge is 0.123 e. The highest BCUT2D eigenvalue weighted by atomic mass is 79.9. The molecule has 18 heavy (non-hydrogen) atoms. The summed E-state index contributed by atoms with van der Waals surface area (Å²) in [5, 5.41) is 3.44. The van der Waals surface area contributed by atoms with Crippen LogP contribution < -0.4 is 5.32 Å². The number of nitrogens with zero attached hydrogens (tertiary/aromatic N) is 1. The molecule has 1 aromatic carbocycles. The molecule has 1 rings (SSSR count). The third-order valence-corrected chi connectivity index (χ3v) is 3.37. The molecular formula is C14H22BrFN2. The Morgan fingerprint density at radius 3 is 2.61 bits per heavy atom. The predicted molar refractivity (Wildman–Crippen MR) is 78.2 cm³/mol. The molecule has 0 amide bonds. The van der Waals surface area contributed by atoms with Gasteiger partial charge in [-0.25, -0.2) is 4.39 Å². The van der Waals surface area contributed by atoms with Crippen LogP contribution in [0.15, 0.2) is 22.7 Å². The van der Waals surface area contributed by atoms with Crippen molar-refractivity contribution in [2.75, 3.05) is 20.1 Å². The monoisotopic (exact) mass is 316 g/mol. The average Bonchev–Trinajstić information content (AvgIpc) is 2.21. The maximum atomic E-state index is 13.2. The highest BCUT2D eigenvalue weighted by molar-refractivity contribution is 9.10. The molecule has 0 aliphatic carbocycles. The summed E-state index contributed by atoms with van der Waals surface area (Å²) in [4.78, 5) is 2.18. The summed E-state index contributed by atoms with van der Waals surface area (Å²) in [5.74, 6) is -0.186. The molecule has 0 radical (unpaired) electrons. The van der Waals surface area contributed by atoms with Crippen LogP contribution in [0.3, 0.4) is 0 Å². The first-order valence-electron chi connectivity index (χ1n) is 6.15. The van der Waals surface area contributed by atoms with Crippen LogP contribution in [-0.4, -0.2) is 30.6 Å². The fourth-order valence-electron chi connectivity index (χ4n) is 1.66. The van der Waals surface area contributed by atoms with Gasteiger partial charge in [0.25, 0.3) is 0 Å². The van der Waals surface area contributed by atoms with Crippen molar-refractivity contribution in [2.45, 2.75) is 32.9 Å². The summed E-state index contributed by atoms with van der Waals surface area (Å²) in [6.45, 7) is 9.04. The Morgan fingerprint density at radius 2 is 2.00 bits per heavy atom. The van der Waals surface area contributed by atoms with Gasteiger partial charge in [0.05, 0.1) is 0 Å². The Morgan fingerprint density at radius 1 is 1.33 bits per heavy atom. The summed E-state index contributed by atoms with van der Waals surface area (Å²) >= 11 is 3.45. The van der Waals surface area contributed by atoms with Crippen molar-refractivity contribution in [1.82, 2.24) is 10.2 Å². The second kappa shape index (κ2) is 6.64. The van der Waals surface area contributed by atoms with Gasteiger partial charge in [-0.2, -0.15) is 0 Å². The van der Waals surface area contributed by atoms with Gasteiger partial charge in [0.15, 0.2) is 0 Å². The first-order valence-corrected chi connectivity index (χ1v) is 6.95. The molecule has 0 fully saturated rings. The van der Waals surface area contributed by atoms with Gasteiger partial charge < -0.3 is 10.2 Å². The highest BCUT2D eigenvalue weighted by Gasteiger charge is 2.09. The number of hydrogen-bond donors (Lipinski definition) is 1. The average molecular weight is 317 g/mol. The number of nitrogens with one attached hydrogen (secondary N) is 1. The second-order valence-corrected chi connectivity index (χ2v) is 6.50. The largest absolute Gasteiger partial charge is 0.311 e. The minimum Gasteiger partial charge on any atom is -0.311 e. The zero-order valence-electron chi connectivity index (χ0n) is 11.6. The third kappa shape index (κ3) is 5.94. The molecule has 0 unspecified atom stereocenters. The molecule has 0 saturated carbocycles. The Kier molecular flexibility index (Phi) is 5.76. The minimum atomic E-state index is -0.186. The lowest BCUT2D eigenvalue weighted by molar-refractivity contribution is 0.302. The van der Waals surface area contributed by atoms with Crippen LogP contribution in [0, 0.1) is 5.82 Å². The topological polar surface area (TPSA) is 15.3 Å². The molecule has 4 heteroatoms. The molecule has 0 heterocycles. The van der Waals surface area contributed by atoms with Gasteiger partial charge in [-0.1, -0.05) is 15.9 Å². The van der Waals surface area contributed by atoms with Gasteiger partial charge in [-0.15, -0.1) is 0 Å². The lowest BCUT2D eigenvalue weighted by Crippen LogP contribution is -2.40. The SMILES string of the molecule is CN(CCNC(C)(C)C)Cc1cc(F)ccc1Br. The lowest BCUT2D eigenvalue weighted by atomic mass is 10.1. The molecule has 102 valence electrons. The first kappa shape index (κ1) is 15.6. The van der Waals surface area contributed by atoms with Crippen LogP contribution in [0.2, 0.25) is 0 Å². The van der Waals surface area contributed by atoms with Crippen molar-refractivity contribution in [2.24, 2.45) is 0 Å². The number of benzene rings is 1. The Balaban J connectivity index is 2.44. The molecule has 0 aromatic heterocycles. The van der Waals surface area contributed by atoms with Crippen molar-refractivity contribution < 1.29 is 4.39 Å². The molecule has 0 aliphatic rings. The van der Waals surface area contributed by atoms with Crippen molar-refractivity contribution in [1.29, 1.82) is 0 Å². The van der Waals surface area contributed by atoms with Crippen LogP contribution in [0.1, 0.15) is 26.3 Å². The van der Waals surface area contributed by atoms with Gasteiger partial charge in [0.1, 0.15) is 5.82 Å². The fourth-order valence-corrected chi connectivity index (χ4v) is 2.03. The molecule has 0 bridgehead atoms. The molecule has 0 aliphatic heterocycles. The van der Waals surface area contributed by atoms with E-state index in [1.807, 2.05) is 7.05 Å². The normalized spacial score (nSPS) is 12.2. The Labute approximate surface area is 118 Å². The van der Waals surface area contributed by atoms with Gasteiger partial charge >= 0.3 is 0 Å². The molecular weight excluding hydrogens is 295 g/mol. The van der Waals surface area contributed by atoms with Crippen LogP contribution >= 0.6 is 15.9 Å². The van der Waals surface area contributed by atoms with E-state index >= 15 is 0 Å². The summed E-state index contributed by atoms with van der Waals surface area (Å²) in [6.07, 6.45) is 0. The quantitative estimate of drug-likeness (QED) is 0.895. The summed E-state index contributed by atoms with van der Waals surface area (Å²) in [6, 6.07) is 4.80. The summed E-state index contributed by atoms with van der Waals surface area (Å²) in [7, 11) is 2.04. The van der Waals surface area contributed by atoms with E-state index in [0.29, 0.717) is 0 Å². The van der Waals surface area contributed by atoms with Crippen molar-refractivity contribution in [3.8, 4) is 0 Å². The van der Waals surface area contributed by atoms with Crippen molar-refractivity contribution >= 4 is 15.9 Å². The first-order chi connectivity index (χ1) is 8.28. The van der Waals surface area contributed by atoms with Gasteiger partial charge in [-0.05, 0) is 51.6 Å². The molecule has 0 spiro atoms.